The first kappa shape index (κ1) is 24.9. The molecule has 1 saturated heterocycles. The molecule has 35 heavy (non-hydrogen) atoms. The Morgan fingerprint density at radius 3 is 2.46 bits per heavy atom. The van der Waals surface area contributed by atoms with E-state index < -0.39 is 0 Å². The Bertz CT molecular complexity index is 1220. The molecule has 6 nitrogen and oxygen atoms in total. The van der Waals surface area contributed by atoms with E-state index in [1.54, 1.807) is 0 Å². The van der Waals surface area contributed by atoms with Crippen molar-refractivity contribution in [1.29, 1.82) is 0 Å². The summed E-state index contributed by atoms with van der Waals surface area (Å²) in [5.74, 6) is 0.194. The minimum absolute atomic E-state index is 0.0338. The second-order valence-corrected chi connectivity index (χ2v) is 9.38. The van der Waals surface area contributed by atoms with Gasteiger partial charge >= 0.3 is 0 Å². The maximum Gasteiger partial charge on any atom is 0.254 e. The molecule has 3 aromatic rings. The maximum absolute atomic E-state index is 13.8. The van der Waals surface area contributed by atoms with Crippen molar-refractivity contribution in [2.24, 2.45) is 0 Å². The lowest BCUT2D eigenvalue weighted by molar-refractivity contribution is -0.132. The average molecular weight is 473 g/mol. The van der Waals surface area contributed by atoms with Crippen LogP contribution in [0.1, 0.15) is 41.8 Å². The second kappa shape index (κ2) is 11.0. The van der Waals surface area contributed by atoms with E-state index >= 15 is 0 Å². The number of likely N-dealkylation sites (N-methyl/N-ethyl adjacent to an activating group) is 1. The molecule has 0 atom stereocenters. The Morgan fingerprint density at radius 2 is 1.71 bits per heavy atom. The Balaban J connectivity index is 1.59. The fraction of sp³-hybridized carbons (Fsp3) is 0.414. The van der Waals surface area contributed by atoms with Crippen LogP contribution in [0.25, 0.3) is 22.2 Å². The topological polar surface area (TPSA) is 56.8 Å². The first-order valence-electron chi connectivity index (χ1n) is 12.7. The van der Waals surface area contributed by atoms with Gasteiger partial charge in [-0.05, 0) is 51.8 Å². The van der Waals surface area contributed by atoms with Gasteiger partial charge in [0.05, 0.1) is 23.3 Å². The van der Waals surface area contributed by atoms with E-state index in [0.29, 0.717) is 31.7 Å². The van der Waals surface area contributed by atoms with Crippen molar-refractivity contribution in [3.8, 4) is 11.3 Å². The van der Waals surface area contributed by atoms with Gasteiger partial charge in [-0.15, -0.1) is 0 Å². The zero-order valence-electron chi connectivity index (χ0n) is 21.4. The molecule has 0 unspecified atom stereocenters. The molecule has 0 aliphatic carbocycles. The number of para-hydroxylation sites is 1. The number of pyridine rings is 1. The first-order valence-corrected chi connectivity index (χ1v) is 12.7. The highest BCUT2D eigenvalue weighted by Gasteiger charge is 2.24. The van der Waals surface area contributed by atoms with Crippen LogP contribution in [0, 0.1) is 13.8 Å². The molecule has 2 heterocycles. The molecule has 0 bridgehead atoms. The molecule has 2 aromatic carbocycles. The fourth-order valence-corrected chi connectivity index (χ4v) is 4.96. The molecule has 1 aliphatic rings. The van der Waals surface area contributed by atoms with Crippen LogP contribution >= 0.6 is 0 Å². The van der Waals surface area contributed by atoms with E-state index in [9.17, 15) is 9.59 Å². The standard InChI is InChI=1S/C29H36N4O2/c1-5-32(6-2)28(34)20-31-14-9-15-33(17-16-31)29(35)25-19-27(23-13-12-21(3)18-22(23)4)30-26-11-8-7-10-24(25)26/h7-8,10-13,18-19H,5-6,9,14-17,20H2,1-4H3. The molecular formula is C29H36N4O2. The van der Waals surface area contributed by atoms with Crippen LogP contribution < -0.4 is 0 Å². The number of rotatable bonds is 6. The summed E-state index contributed by atoms with van der Waals surface area (Å²) >= 11 is 0. The summed E-state index contributed by atoms with van der Waals surface area (Å²) in [6, 6.07) is 16.2. The van der Waals surface area contributed by atoms with E-state index in [1.807, 2.05) is 54.0 Å². The van der Waals surface area contributed by atoms with Gasteiger partial charge in [-0.1, -0.05) is 42.0 Å². The number of hydrogen-bond acceptors (Lipinski definition) is 4. The van der Waals surface area contributed by atoms with Crippen LogP contribution in [0.5, 0.6) is 0 Å². The third kappa shape index (κ3) is 5.54. The van der Waals surface area contributed by atoms with Gasteiger partial charge < -0.3 is 9.80 Å². The largest absolute Gasteiger partial charge is 0.342 e. The quantitative estimate of drug-likeness (QED) is 0.529. The van der Waals surface area contributed by atoms with E-state index in [4.69, 9.17) is 4.98 Å². The van der Waals surface area contributed by atoms with E-state index in [2.05, 4.69) is 36.9 Å². The molecule has 0 N–H and O–H groups in total. The smallest absolute Gasteiger partial charge is 0.254 e. The van der Waals surface area contributed by atoms with Gasteiger partial charge in [0.2, 0.25) is 5.91 Å². The Hall–Kier alpha value is -3.25. The SMILES string of the molecule is CCN(CC)C(=O)CN1CCCN(C(=O)c2cc(-c3ccc(C)cc3C)nc3ccccc23)CC1. The predicted octanol–water partition coefficient (Wildman–Crippen LogP) is 4.53. The van der Waals surface area contributed by atoms with Gasteiger partial charge in [0.25, 0.3) is 5.91 Å². The van der Waals surface area contributed by atoms with Crippen LogP contribution in [0.15, 0.2) is 48.5 Å². The summed E-state index contributed by atoms with van der Waals surface area (Å²) in [6.45, 7) is 12.9. The van der Waals surface area contributed by atoms with Gasteiger partial charge in [0, 0.05) is 50.2 Å². The van der Waals surface area contributed by atoms with Crippen LogP contribution in [-0.2, 0) is 4.79 Å². The van der Waals surface area contributed by atoms with E-state index in [-0.39, 0.29) is 11.8 Å². The monoisotopic (exact) mass is 472 g/mol. The predicted molar refractivity (Wildman–Crippen MR) is 142 cm³/mol. The van der Waals surface area contributed by atoms with Crippen LogP contribution in [-0.4, -0.2) is 77.3 Å². The lowest BCUT2D eigenvalue weighted by atomic mass is 9.99. The molecule has 1 aliphatic heterocycles. The average Bonchev–Trinajstić information content (AvgIpc) is 3.09. The number of hydrogen-bond donors (Lipinski definition) is 0. The number of aromatic nitrogens is 1. The molecule has 1 aromatic heterocycles. The number of aryl methyl sites for hydroxylation is 2. The van der Waals surface area contributed by atoms with Crippen molar-refractivity contribution in [3.63, 3.8) is 0 Å². The lowest BCUT2D eigenvalue weighted by Gasteiger charge is -2.25. The molecule has 6 heteroatoms. The van der Waals surface area contributed by atoms with Crippen molar-refractivity contribution in [2.75, 3.05) is 45.8 Å². The summed E-state index contributed by atoms with van der Waals surface area (Å²) in [4.78, 5) is 37.3. The maximum atomic E-state index is 13.8. The molecule has 0 radical (unpaired) electrons. The van der Waals surface area contributed by atoms with Gasteiger partial charge in [-0.25, -0.2) is 4.98 Å². The number of benzene rings is 2. The lowest BCUT2D eigenvalue weighted by Crippen LogP contribution is -2.42. The third-order valence-electron chi connectivity index (χ3n) is 6.96. The second-order valence-electron chi connectivity index (χ2n) is 9.38. The Labute approximate surface area is 208 Å². The highest BCUT2D eigenvalue weighted by atomic mass is 16.2. The normalized spacial score (nSPS) is 14.7. The van der Waals surface area contributed by atoms with Crippen molar-refractivity contribution in [1.82, 2.24) is 19.7 Å². The zero-order chi connectivity index (χ0) is 24.9. The minimum Gasteiger partial charge on any atom is -0.342 e. The minimum atomic E-state index is 0.0338. The van der Waals surface area contributed by atoms with Gasteiger partial charge in [-0.2, -0.15) is 0 Å². The summed E-state index contributed by atoms with van der Waals surface area (Å²) in [5.41, 5.74) is 5.75. The van der Waals surface area contributed by atoms with Crippen LogP contribution in [0.2, 0.25) is 0 Å². The molecule has 2 amide bonds. The zero-order valence-corrected chi connectivity index (χ0v) is 21.4. The van der Waals surface area contributed by atoms with Crippen molar-refractivity contribution >= 4 is 22.7 Å². The van der Waals surface area contributed by atoms with Crippen molar-refractivity contribution < 1.29 is 9.59 Å². The summed E-state index contributed by atoms with van der Waals surface area (Å²) < 4.78 is 0. The van der Waals surface area contributed by atoms with Crippen molar-refractivity contribution in [3.05, 3.63) is 65.2 Å². The molecule has 184 valence electrons. The van der Waals surface area contributed by atoms with Gasteiger partial charge in [0.15, 0.2) is 0 Å². The molecular weight excluding hydrogens is 436 g/mol. The number of amides is 2. The third-order valence-corrected chi connectivity index (χ3v) is 6.96. The van der Waals surface area contributed by atoms with Crippen LogP contribution in [0.4, 0.5) is 0 Å². The first-order chi connectivity index (χ1) is 16.9. The summed E-state index contributed by atoms with van der Waals surface area (Å²) in [5, 5.41) is 0.879. The fourth-order valence-electron chi connectivity index (χ4n) is 4.96. The Morgan fingerprint density at radius 1 is 0.943 bits per heavy atom. The van der Waals surface area contributed by atoms with Crippen LogP contribution in [0.3, 0.4) is 0 Å². The van der Waals surface area contributed by atoms with Crippen molar-refractivity contribution in [2.45, 2.75) is 34.1 Å². The highest BCUT2D eigenvalue weighted by Crippen LogP contribution is 2.28. The van der Waals surface area contributed by atoms with Gasteiger partial charge in [0.1, 0.15) is 0 Å². The molecule has 4 rings (SSSR count). The van der Waals surface area contributed by atoms with Gasteiger partial charge in [-0.3, -0.25) is 14.5 Å². The number of carbonyl (C=O) groups excluding carboxylic acids is 2. The summed E-state index contributed by atoms with van der Waals surface area (Å²) in [6.07, 6.45) is 0.851. The molecule has 0 saturated carbocycles. The Kier molecular flexibility index (Phi) is 7.81. The van der Waals surface area contributed by atoms with E-state index in [1.165, 1.54) is 5.56 Å². The molecule has 0 spiro atoms. The number of nitrogens with zero attached hydrogens (tertiary/aromatic N) is 4. The number of carbonyl (C=O) groups is 2. The summed E-state index contributed by atoms with van der Waals surface area (Å²) in [7, 11) is 0. The van der Waals surface area contributed by atoms with E-state index in [0.717, 1.165) is 53.8 Å². The highest BCUT2D eigenvalue weighted by molar-refractivity contribution is 6.07. The molecule has 1 fully saturated rings. The number of fused-ring (bicyclic) bond motifs is 1.